The summed E-state index contributed by atoms with van der Waals surface area (Å²) in [4.78, 5) is 12.3. The standard InChI is InChI=1S/C6H11NO4S/c1-7-2-5(3-8)12(10,11)4-6(7)9/h5,8H,2-4H2,1H3. The van der Waals surface area contributed by atoms with Crippen molar-refractivity contribution in [2.75, 3.05) is 26.0 Å². The summed E-state index contributed by atoms with van der Waals surface area (Å²) in [7, 11) is -1.87. The number of sulfone groups is 1. The Morgan fingerprint density at radius 1 is 1.67 bits per heavy atom. The summed E-state index contributed by atoms with van der Waals surface area (Å²) >= 11 is 0. The van der Waals surface area contributed by atoms with E-state index in [0.717, 1.165) is 0 Å². The van der Waals surface area contributed by atoms with Gasteiger partial charge in [-0.3, -0.25) is 4.79 Å². The van der Waals surface area contributed by atoms with Crippen molar-refractivity contribution in [3.05, 3.63) is 0 Å². The minimum atomic E-state index is -3.40. The molecule has 0 bridgehead atoms. The van der Waals surface area contributed by atoms with Crippen LogP contribution in [0.1, 0.15) is 0 Å². The van der Waals surface area contributed by atoms with E-state index in [9.17, 15) is 13.2 Å². The van der Waals surface area contributed by atoms with E-state index in [-0.39, 0.29) is 6.54 Å². The smallest absolute Gasteiger partial charge is 0.237 e. The maximum Gasteiger partial charge on any atom is 0.237 e. The van der Waals surface area contributed by atoms with Crippen LogP contribution in [0.2, 0.25) is 0 Å². The van der Waals surface area contributed by atoms with Crippen molar-refractivity contribution in [3.63, 3.8) is 0 Å². The predicted octanol–water partition coefficient (Wildman–Crippen LogP) is -1.77. The Morgan fingerprint density at radius 3 is 2.75 bits per heavy atom. The van der Waals surface area contributed by atoms with Gasteiger partial charge in [-0.05, 0) is 0 Å². The largest absolute Gasteiger partial charge is 0.395 e. The fourth-order valence-corrected chi connectivity index (χ4v) is 2.57. The van der Waals surface area contributed by atoms with Gasteiger partial charge in [0.25, 0.3) is 0 Å². The first kappa shape index (κ1) is 9.47. The highest BCUT2D eigenvalue weighted by Crippen LogP contribution is 2.11. The lowest BCUT2D eigenvalue weighted by molar-refractivity contribution is -0.127. The molecule has 0 aromatic rings. The van der Waals surface area contributed by atoms with E-state index in [0.29, 0.717) is 0 Å². The maximum atomic E-state index is 11.2. The van der Waals surface area contributed by atoms with Gasteiger partial charge < -0.3 is 10.0 Å². The zero-order valence-corrected chi connectivity index (χ0v) is 7.54. The molecule has 0 aromatic carbocycles. The molecule has 1 saturated heterocycles. The Balaban J connectivity index is 2.87. The van der Waals surface area contributed by atoms with Crippen molar-refractivity contribution in [2.24, 2.45) is 0 Å². The lowest BCUT2D eigenvalue weighted by atomic mass is 10.4. The van der Waals surface area contributed by atoms with Gasteiger partial charge in [-0.2, -0.15) is 0 Å². The van der Waals surface area contributed by atoms with Crippen LogP contribution in [0.15, 0.2) is 0 Å². The fraction of sp³-hybridized carbons (Fsp3) is 0.833. The first-order chi connectivity index (χ1) is 5.47. The quantitative estimate of drug-likeness (QED) is 0.535. The number of nitrogens with zero attached hydrogens (tertiary/aromatic N) is 1. The van der Waals surface area contributed by atoms with Crippen LogP contribution >= 0.6 is 0 Å². The topological polar surface area (TPSA) is 74.7 Å². The molecule has 12 heavy (non-hydrogen) atoms. The Morgan fingerprint density at radius 2 is 2.25 bits per heavy atom. The lowest BCUT2D eigenvalue weighted by Crippen LogP contribution is -2.50. The predicted molar refractivity (Wildman–Crippen MR) is 42.3 cm³/mol. The summed E-state index contributed by atoms with van der Waals surface area (Å²) in [5, 5.41) is 7.91. The minimum Gasteiger partial charge on any atom is -0.395 e. The molecule has 0 aromatic heterocycles. The summed E-state index contributed by atoms with van der Waals surface area (Å²) in [6.45, 7) is -0.322. The minimum absolute atomic E-state index is 0.0949. The highest BCUT2D eigenvalue weighted by Gasteiger charge is 2.35. The van der Waals surface area contributed by atoms with Gasteiger partial charge in [0.05, 0.1) is 6.61 Å². The van der Waals surface area contributed by atoms with Crippen LogP contribution in [-0.2, 0) is 14.6 Å². The van der Waals surface area contributed by atoms with Crippen LogP contribution in [0, 0.1) is 0 Å². The summed E-state index contributed by atoms with van der Waals surface area (Å²) < 4.78 is 22.3. The number of hydrogen-bond donors (Lipinski definition) is 1. The fourth-order valence-electron chi connectivity index (χ4n) is 1.09. The van der Waals surface area contributed by atoms with Crippen molar-refractivity contribution in [3.8, 4) is 0 Å². The Kier molecular flexibility index (Phi) is 2.39. The van der Waals surface area contributed by atoms with E-state index >= 15 is 0 Å². The zero-order valence-electron chi connectivity index (χ0n) is 6.73. The van der Waals surface area contributed by atoms with Crippen molar-refractivity contribution in [1.29, 1.82) is 0 Å². The van der Waals surface area contributed by atoms with Gasteiger partial charge in [0.1, 0.15) is 11.0 Å². The monoisotopic (exact) mass is 193 g/mol. The Bertz CT molecular complexity index is 284. The summed E-state index contributed by atoms with van der Waals surface area (Å²) in [5.74, 6) is -0.881. The molecule has 0 spiro atoms. The van der Waals surface area contributed by atoms with Crippen molar-refractivity contribution < 1.29 is 18.3 Å². The summed E-state index contributed by atoms with van der Waals surface area (Å²) in [5.41, 5.74) is 0. The average Bonchev–Trinajstić information content (AvgIpc) is 1.96. The number of hydrogen-bond acceptors (Lipinski definition) is 4. The van der Waals surface area contributed by atoms with Crippen LogP contribution in [-0.4, -0.2) is 55.5 Å². The van der Waals surface area contributed by atoms with E-state index in [1.165, 1.54) is 11.9 Å². The van der Waals surface area contributed by atoms with Crippen LogP contribution < -0.4 is 0 Å². The van der Waals surface area contributed by atoms with Gasteiger partial charge in [-0.25, -0.2) is 8.42 Å². The highest BCUT2D eigenvalue weighted by atomic mass is 32.2. The zero-order chi connectivity index (χ0) is 9.35. The molecule has 1 aliphatic heterocycles. The molecule has 1 amide bonds. The normalized spacial score (nSPS) is 29.0. The molecule has 1 atom stereocenters. The first-order valence-corrected chi connectivity index (χ1v) is 5.25. The second-order valence-corrected chi connectivity index (χ2v) is 5.17. The number of carbonyl (C=O) groups excluding carboxylic acids is 1. The molecule has 5 nitrogen and oxygen atoms in total. The number of amides is 1. The summed E-state index contributed by atoms with van der Waals surface area (Å²) in [6, 6.07) is 0. The molecule has 0 saturated carbocycles. The Hall–Kier alpha value is -0.620. The summed E-state index contributed by atoms with van der Waals surface area (Å²) in [6.07, 6.45) is 0. The SMILES string of the molecule is CN1CC(CO)S(=O)(=O)CC1=O. The third-order valence-electron chi connectivity index (χ3n) is 1.94. The van der Waals surface area contributed by atoms with Gasteiger partial charge in [0, 0.05) is 13.6 Å². The van der Waals surface area contributed by atoms with E-state index < -0.39 is 33.4 Å². The van der Waals surface area contributed by atoms with Gasteiger partial charge >= 0.3 is 0 Å². The van der Waals surface area contributed by atoms with E-state index in [2.05, 4.69) is 0 Å². The van der Waals surface area contributed by atoms with Gasteiger partial charge in [0.15, 0.2) is 9.84 Å². The van der Waals surface area contributed by atoms with E-state index in [1.807, 2.05) is 0 Å². The molecule has 0 radical (unpaired) electrons. The highest BCUT2D eigenvalue weighted by molar-refractivity contribution is 7.92. The molecule has 1 rings (SSSR count). The number of aliphatic hydroxyl groups is 1. The number of aliphatic hydroxyl groups excluding tert-OH is 1. The molecule has 70 valence electrons. The van der Waals surface area contributed by atoms with Crippen molar-refractivity contribution >= 4 is 15.7 Å². The lowest BCUT2D eigenvalue weighted by Gasteiger charge is -2.28. The van der Waals surface area contributed by atoms with Crippen molar-refractivity contribution in [1.82, 2.24) is 4.90 Å². The van der Waals surface area contributed by atoms with Crippen LogP contribution in [0.4, 0.5) is 0 Å². The van der Waals surface area contributed by atoms with E-state index in [4.69, 9.17) is 5.11 Å². The molecule has 6 heteroatoms. The molecule has 1 unspecified atom stereocenters. The third-order valence-corrected chi connectivity index (χ3v) is 3.90. The maximum absolute atomic E-state index is 11.2. The molecule has 1 N–H and O–H groups in total. The molecule has 1 heterocycles. The number of carbonyl (C=O) groups is 1. The molecule has 0 aliphatic carbocycles. The van der Waals surface area contributed by atoms with Crippen LogP contribution in [0.25, 0.3) is 0 Å². The first-order valence-electron chi connectivity index (χ1n) is 3.54. The van der Waals surface area contributed by atoms with Gasteiger partial charge in [-0.1, -0.05) is 0 Å². The number of rotatable bonds is 1. The molecular formula is C6H11NO4S. The molecular weight excluding hydrogens is 182 g/mol. The van der Waals surface area contributed by atoms with Crippen LogP contribution in [0.5, 0.6) is 0 Å². The Labute approximate surface area is 70.9 Å². The van der Waals surface area contributed by atoms with Crippen LogP contribution in [0.3, 0.4) is 0 Å². The second-order valence-electron chi connectivity index (χ2n) is 2.89. The third kappa shape index (κ3) is 1.59. The van der Waals surface area contributed by atoms with Gasteiger partial charge in [0.2, 0.25) is 5.91 Å². The van der Waals surface area contributed by atoms with E-state index in [1.54, 1.807) is 0 Å². The molecule has 1 aliphatic rings. The molecule has 1 fully saturated rings. The average molecular weight is 193 g/mol. The van der Waals surface area contributed by atoms with Crippen molar-refractivity contribution in [2.45, 2.75) is 5.25 Å². The van der Waals surface area contributed by atoms with Gasteiger partial charge in [-0.15, -0.1) is 0 Å². The second kappa shape index (κ2) is 3.02.